The maximum absolute atomic E-state index is 12.2. The lowest BCUT2D eigenvalue weighted by molar-refractivity contribution is -0.384. The molecule has 0 aliphatic rings. The topological polar surface area (TPSA) is 84.6 Å². The third-order valence-corrected chi connectivity index (χ3v) is 5.15. The zero-order valence-corrected chi connectivity index (χ0v) is 16.3. The Labute approximate surface area is 172 Å². The minimum absolute atomic E-state index is 0.00760. The number of thioether (sulfide) groups is 1. The first kappa shape index (κ1) is 20.3. The number of hydrogen-bond acceptors (Lipinski definition) is 5. The van der Waals surface area contributed by atoms with Crippen LogP contribution >= 0.6 is 11.8 Å². The molecule has 1 N–H and O–H groups in total. The van der Waals surface area contributed by atoms with E-state index in [0.29, 0.717) is 11.1 Å². The average molecular weight is 405 g/mol. The molecule has 3 aromatic carbocycles. The number of nitrogens with one attached hydrogen (secondary N) is 1. The van der Waals surface area contributed by atoms with Crippen molar-refractivity contribution in [2.75, 3.05) is 0 Å². The number of nitro groups is 1. The number of carbonyl (C=O) groups is 1. The molecule has 29 heavy (non-hydrogen) atoms. The van der Waals surface area contributed by atoms with E-state index in [1.54, 1.807) is 24.3 Å². The molecule has 7 heteroatoms. The van der Waals surface area contributed by atoms with Crippen molar-refractivity contribution in [3.8, 4) is 0 Å². The Morgan fingerprint density at radius 2 is 1.55 bits per heavy atom. The smallest absolute Gasteiger partial charge is 0.267 e. The summed E-state index contributed by atoms with van der Waals surface area (Å²) in [5.41, 5.74) is 6.08. The van der Waals surface area contributed by atoms with Crippen LogP contribution in [0.4, 0.5) is 5.69 Å². The summed E-state index contributed by atoms with van der Waals surface area (Å²) < 4.78 is 0. The number of nitrogens with zero attached hydrogens (tertiary/aromatic N) is 2. The molecule has 0 atom stereocenters. The molecule has 1 amide bonds. The molecular weight excluding hydrogens is 386 g/mol. The molecule has 0 aliphatic carbocycles. The molecule has 0 aliphatic heterocycles. The van der Waals surface area contributed by atoms with Crippen LogP contribution in [-0.2, 0) is 11.5 Å². The Morgan fingerprint density at radius 1 is 0.931 bits per heavy atom. The van der Waals surface area contributed by atoms with Crippen molar-refractivity contribution < 1.29 is 9.72 Å². The Balaban J connectivity index is 1.47. The lowest BCUT2D eigenvalue weighted by Gasteiger charge is -2.04. The molecule has 0 saturated carbocycles. The van der Waals surface area contributed by atoms with E-state index >= 15 is 0 Å². The first-order valence-electron chi connectivity index (χ1n) is 8.90. The van der Waals surface area contributed by atoms with Crippen LogP contribution in [0, 0.1) is 10.1 Å². The summed E-state index contributed by atoms with van der Waals surface area (Å²) in [6.45, 7) is 0. The number of benzene rings is 3. The van der Waals surface area contributed by atoms with Crippen LogP contribution in [0.2, 0.25) is 0 Å². The number of hydrazone groups is 1. The van der Waals surface area contributed by atoms with E-state index in [1.807, 2.05) is 42.1 Å². The van der Waals surface area contributed by atoms with Crippen LogP contribution in [0.15, 0.2) is 84.0 Å². The molecule has 0 heterocycles. The lowest BCUT2D eigenvalue weighted by Crippen LogP contribution is -2.17. The molecule has 0 saturated heterocycles. The first-order chi connectivity index (χ1) is 14.1. The third kappa shape index (κ3) is 6.29. The summed E-state index contributed by atoms with van der Waals surface area (Å²) in [5, 5.41) is 14.5. The zero-order valence-electron chi connectivity index (χ0n) is 15.5. The van der Waals surface area contributed by atoms with Crippen molar-refractivity contribution in [2.45, 2.75) is 11.5 Å². The summed E-state index contributed by atoms with van der Waals surface area (Å²) in [6, 6.07) is 23.6. The molecule has 0 unspecified atom stereocenters. The SMILES string of the molecule is O=C(N/N=C\c1ccc([N+](=O)[O-])cc1)c1ccc(CSCc2ccccc2)cc1. The Kier molecular flexibility index (Phi) is 7.13. The van der Waals surface area contributed by atoms with E-state index in [1.165, 1.54) is 23.9 Å². The van der Waals surface area contributed by atoms with Gasteiger partial charge in [0.15, 0.2) is 0 Å². The van der Waals surface area contributed by atoms with Crippen LogP contribution in [0.1, 0.15) is 27.0 Å². The molecule has 146 valence electrons. The van der Waals surface area contributed by atoms with Crippen molar-refractivity contribution in [3.63, 3.8) is 0 Å². The van der Waals surface area contributed by atoms with Crippen LogP contribution < -0.4 is 5.43 Å². The van der Waals surface area contributed by atoms with Gasteiger partial charge in [-0.1, -0.05) is 42.5 Å². The first-order valence-corrected chi connectivity index (χ1v) is 10.1. The minimum atomic E-state index is -0.466. The second-order valence-corrected chi connectivity index (χ2v) is 7.21. The number of amides is 1. The highest BCUT2D eigenvalue weighted by Gasteiger charge is 2.05. The van der Waals surface area contributed by atoms with Crippen LogP contribution in [0.5, 0.6) is 0 Å². The predicted octanol–water partition coefficient (Wildman–Crippen LogP) is 4.79. The van der Waals surface area contributed by atoms with Crippen LogP contribution in [0.25, 0.3) is 0 Å². The molecule has 0 spiro atoms. The number of non-ortho nitro benzene ring substituents is 1. The Hall–Kier alpha value is -3.45. The van der Waals surface area contributed by atoms with Gasteiger partial charge in [0.2, 0.25) is 0 Å². The lowest BCUT2D eigenvalue weighted by atomic mass is 10.1. The van der Waals surface area contributed by atoms with Gasteiger partial charge in [0.05, 0.1) is 11.1 Å². The van der Waals surface area contributed by atoms with Gasteiger partial charge >= 0.3 is 0 Å². The molecule has 3 rings (SSSR count). The monoisotopic (exact) mass is 405 g/mol. The fourth-order valence-corrected chi connectivity index (χ4v) is 3.48. The second kappa shape index (κ2) is 10.2. The number of hydrogen-bond donors (Lipinski definition) is 1. The number of nitro benzene ring substituents is 1. The van der Waals surface area contributed by atoms with E-state index < -0.39 is 4.92 Å². The van der Waals surface area contributed by atoms with Gasteiger partial charge in [-0.15, -0.1) is 0 Å². The van der Waals surface area contributed by atoms with Crippen molar-refractivity contribution in [3.05, 3.63) is 111 Å². The molecule has 0 bridgehead atoms. The molecule has 0 aromatic heterocycles. The highest BCUT2D eigenvalue weighted by molar-refractivity contribution is 7.97. The standard InChI is InChI=1S/C22H19N3O3S/c26-22(24-23-14-17-8-12-21(13-9-17)25(27)28)20-10-6-19(7-11-20)16-29-15-18-4-2-1-3-5-18/h1-14H,15-16H2,(H,24,26)/b23-14-. The number of rotatable bonds is 8. The van der Waals surface area contributed by atoms with Crippen LogP contribution in [-0.4, -0.2) is 17.0 Å². The van der Waals surface area contributed by atoms with Crippen molar-refractivity contribution >= 4 is 29.6 Å². The fraction of sp³-hybridized carbons (Fsp3) is 0.0909. The maximum atomic E-state index is 12.2. The highest BCUT2D eigenvalue weighted by atomic mass is 32.2. The second-order valence-electron chi connectivity index (χ2n) is 6.22. The maximum Gasteiger partial charge on any atom is 0.271 e. The van der Waals surface area contributed by atoms with E-state index in [0.717, 1.165) is 17.1 Å². The van der Waals surface area contributed by atoms with E-state index in [2.05, 4.69) is 22.7 Å². The summed E-state index contributed by atoms with van der Waals surface area (Å²) in [4.78, 5) is 22.3. The van der Waals surface area contributed by atoms with Crippen molar-refractivity contribution in [1.82, 2.24) is 5.43 Å². The van der Waals surface area contributed by atoms with Gasteiger partial charge in [-0.25, -0.2) is 5.43 Å². The molecular formula is C22H19N3O3S. The zero-order chi connectivity index (χ0) is 20.5. The quantitative estimate of drug-likeness (QED) is 0.332. The minimum Gasteiger partial charge on any atom is -0.267 e. The van der Waals surface area contributed by atoms with Crippen molar-refractivity contribution in [1.29, 1.82) is 0 Å². The summed E-state index contributed by atoms with van der Waals surface area (Å²) in [5.74, 6) is 1.50. The highest BCUT2D eigenvalue weighted by Crippen LogP contribution is 2.18. The van der Waals surface area contributed by atoms with Gasteiger partial charge in [0, 0.05) is 29.2 Å². The third-order valence-electron chi connectivity index (χ3n) is 4.08. The Bertz CT molecular complexity index is 988. The van der Waals surface area contributed by atoms with Gasteiger partial charge in [0.25, 0.3) is 11.6 Å². The molecule has 6 nitrogen and oxygen atoms in total. The van der Waals surface area contributed by atoms with E-state index in [9.17, 15) is 14.9 Å². The van der Waals surface area contributed by atoms with Gasteiger partial charge in [-0.2, -0.15) is 16.9 Å². The molecule has 3 aromatic rings. The van der Waals surface area contributed by atoms with Gasteiger partial charge in [-0.05, 0) is 41.0 Å². The van der Waals surface area contributed by atoms with E-state index in [-0.39, 0.29) is 11.6 Å². The Morgan fingerprint density at radius 3 is 2.17 bits per heavy atom. The van der Waals surface area contributed by atoms with E-state index in [4.69, 9.17) is 0 Å². The van der Waals surface area contributed by atoms with Gasteiger partial charge in [-0.3, -0.25) is 14.9 Å². The normalized spacial score (nSPS) is 10.8. The van der Waals surface area contributed by atoms with Crippen LogP contribution in [0.3, 0.4) is 0 Å². The fourth-order valence-electron chi connectivity index (χ4n) is 2.53. The number of carbonyl (C=O) groups excluding carboxylic acids is 1. The van der Waals surface area contributed by atoms with Gasteiger partial charge in [0.1, 0.15) is 0 Å². The average Bonchev–Trinajstić information content (AvgIpc) is 2.75. The molecule has 0 fully saturated rings. The summed E-state index contributed by atoms with van der Waals surface area (Å²) >= 11 is 1.82. The summed E-state index contributed by atoms with van der Waals surface area (Å²) in [6.07, 6.45) is 1.44. The predicted molar refractivity (Wildman–Crippen MR) is 116 cm³/mol. The van der Waals surface area contributed by atoms with Gasteiger partial charge < -0.3 is 0 Å². The van der Waals surface area contributed by atoms with Crippen molar-refractivity contribution in [2.24, 2.45) is 5.10 Å². The molecule has 0 radical (unpaired) electrons. The summed E-state index contributed by atoms with van der Waals surface area (Å²) in [7, 11) is 0. The largest absolute Gasteiger partial charge is 0.271 e.